The normalized spacial score (nSPS) is 31.6. The van der Waals surface area contributed by atoms with Gasteiger partial charge in [-0.3, -0.25) is 19.4 Å². The third-order valence-corrected chi connectivity index (χ3v) is 7.60. The summed E-state index contributed by atoms with van der Waals surface area (Å²) in [5.74, 6) is -0.201. The molecule has 0 N–H and O–H groups in total. The summed E-state index contributed by atoms with van der Waals surface area (Å²) in [5.41, 5.74) is 0.00319. The molecule has 1 spiro atoms. The van der Waals surface area contributed by atoms with E-state index in [9.17, 15) is 9.59 Å². The van der Waals surface area contributed by atoms with Crippen molar-refractivity contribution < 1.29 is 23.8 Å². The maximum Gasteiger partial charge on any atom is 0.323 e. The summed E-state index contributed by atoms with van der Waals surface area (Å²) in [5, 5.41) is 0. The first-order valence-electron chi connectivity index (χ1n) is 12.7. The first kappa shape index (κ1) is 24.0. The van der Waals surface area contributed by atoms with Gasteiger partial charge in [-0.25, -0.2) is 0 Å². The third-order valence-electron chi connectivity index (χ3n) is 7.60. The molecule has 32 heavy (non-hydrogen) atoms. The Morgan fingerprint density at radius 3 is 2.31 bits per heavy atom. The molecule has 2 heterocycles. The quantitative estimate of drug-likeness (QED) is 0.548. The van der Waals surface area contributed by atoms with Crippen LogP contribution in [0.2, 0.25) is 0 Å². The molecule has 7 heteroatoms. The molecule has 0 amide bonds. The fourth-order valence-corrected chi connectivity index (χ4v) is 5.66. The van der Waals surface area contributed by atoms with Crippen molar-refractivity contribution in [3.05, 3.63) is 0 Å². The molecule has 0 bridgehead atoms. The Morgan fingerprint density at radius 1 is 1.00 bits per heavy atom. The van der Waals surface area contributed by atoms with Crippen LogP contribution >= 0.6 is 0 Å². The molecule has 4 fully saturated rings. The molecule has 0 aromatic heterocycles. The summed E-state index contributed by atoms with van der Waals surface area (Å²) in [7, 11) is 0. The van der Waals surface area contributed by atoms with E-state index in [2.05, 4.69) is 9.80 Å². The highest BCUT2D eigenvalue weighted by atomic mass is 16.6. The van der Waals surface area contributed by atoms with Crippen molar-refractivity contribution in [2.75, 3.05) is 26.2 Å². The standard InChI is InChI=1S/C25H42N2O5/c1-5-30-21(28)18-8-10-19(11-9-18)31-23(26-16-14-25(17-26)12-13-25)27-15-6-7-20(27)22(29)32-24(2,3)4/h18-20,23H,5-17H2,1-4H3/t18?,19?,20-,23-/m0/s1. The van der Waals surface area contributed by atoms with Crippen molar-refractivity contribution in [2.45, 2.75) is 110 Å². The van der Waals surface area contributed by atoms with Gasteiger partial charge in [-0.2, -0.15) is 0 Å². The number of esters is 2. The molecule has 2 aliphatic heterocycles. The van der Waals surface area contributed by atoms with Gasteiger partial charge in [0.2, 0.25) is 0 Å². The molecule has 2 aliphatic carbocycles. The Balaban J connectivity index is 1.43. The van der Waals surface area contributed by atoms with Gasteiger partial charge in [0.15, 0.2) is 6.35 Å². The van der Waals surface area contributed by atoms with Gasteiger partial charge in [0.25, 0.3) is 0 Å². The van der Waals surface area contributed by atoms with Crippen LogP contribution in [0.5, 0.6) is 0 Å². The molecule has 0 radical (unpaired) electrons. The SMILES string of the molecule is CCOC(=O)C1CCC(O[C@@H](N2CCC3(CC3)C2)N2CCC[C@H]2C(=O)OC(C)(C)C)CC1. The Labute approximate surface area is 193 Å². The van der Waals surface area contributed by atoms with Crippen molar-refractivity contribution in [1.29, 1.82) is 0 Å². The average Bonchev–Trinajstić information content (AvgIpc) is 3.12. The first-order chi connectivity index (χ1) is 15.2. The highest BCUT2D eigenvalue weighted by Crippen LogP contribution is 2.53. The van der Waals surface area contributed by atoms with Crippen LogP contribution in [-0.2, 0) is 23.8 Å². The minimum Gasteiger partial charge on any atom is -0.466 e. The lowest BCUT2D eigenvalue weighted by molar-refractivity contribution is -0.200. The maximum atomic E-state index is 13.0. The summed E-state index contributed by atoms with van der Waals surface area (Å²) in [4.78, 5) is 29.9. The highest BCUT2D eigenvalue weighted by Gasteiger charge is 2.51. The number of nitrogens with zero attached hydrogens (tertiary/aromatic N) is 2. The van der Waals surface area contributed by atoms with Crippen molar-refractivity contribution in [3.63, 3.8) is 0 Å². The van der Waals surface area contributed by atoms with Crippen molar-refractivity contribution in [2.24, 2.45) is 11.3 Å². The maximum absolute atomic E-state index is 13.0. The minimum atomic E-state index is -0.487. The topological polar surface area (TPSA) is 68.3 Å². The molecular weight excluding hydrogens is 408 g/mol. The van der Waals surface area contributed by atoms with E-state index in [-0.39, 0.29) is 36.4 Å². The lowest BCUT2D eigenvalue weighted by atomic mass is 9.87. The van der Waals surface area contributed by atoms with Crippen LogP contribution in [0.15, 0.2) is 0 Å². The van der Waals surface area contributed by atoms with Crippen LogP contribution in [-0.4, -0.2) is 72.1 Å². The molecule has 0 aromatic rings. The fraction of sp³-hybridized carbons (Fsp3) is 0.920. The second-order valence-corrected chi connectivity index (χ2v) is 11.3. The fourth-order valence-electron chi connectivity index (χ4n) is 5.66. The molecule has 4 rings (SSSR count). The second-order valence-electron chi connectivity index (χ2n) is 11.3. The van der Waals surface area contributed by atoms with Gasteiger partial charge in [-0.1, -0.05) is 0 Å². The largest absolute Gasteiger partial charge is 0.466 e. The van der Waals surface area contributed by atoms with Gasteiger partial charge in [0, 0.05) is 19.6 Å². The van der Waals surface area contributed by atoms with E-state index >= 15 is 0 Å². The predicted octanol–water partition coefficient (Wildman–Crippen LogP) is 3.70. The van der Waals surface area contributed by atoms with Gasteiger partial charge in [0.05, 0.1) is 18.6 Å². The van der Waals surface area contributed by atoms with Gasteiger partial charge in [-0.15, -0.1) is 0 Å². The number of ether oxygens (including phenoxy) is 3. The molecule has 7 nitrogen and oxygen atoms in total. The van der Waals surface area contributed by atoms with Gasteiger partial charge >= 0.3 is 11.9 Å². The summed E-state index contributed by atoms with van der Waals surface area (Å²) in [6.45, 7) is 11.0. The molecule has 0 aromatic carbocycles. The monoisotopic (exact) mass is 450 g/mol. The highest BCUT2D eigenvalue weighted by molar-refractivity contribution is 5.76. The zero-order valence-electron chi connectivity index (χ0n) is 20.4. The van der Waals surface area contributed by atoms with Crippen molar-refractivity contribution >= 4 is 11.9 Å². The van der Waals surface area contributed by atoms with E-state index in [4.69, 9.17) is 14.2 Å². The van der Waals surface area contributed by atoms with E-state index in [0.29, 0.717) is 12.0 Å². The molecule has 2 atom stereocenters. The van der Waals surface area contributed by atoms with E-state index in [1.54, 1.807) is 0 Å². The number of likely N-dealkylation sites (tertiary alicyclic amines) is 2. The van der Waals surface area contributed by atoms with Crippen molar-refractivity contribution in [1.82, 2.24) is 9.80 Å². The Hall–Kier alpha value is -1.18. The molecule has 2 saturated heterocycles. The van der Waals surface area contributed by atoms with Crippen LogP contribution in [0.3, 0.4) is 0 Å². The van der Waals surface area contributed by atoms with Crippen LogP contribution in [0, 0.1) is 11.3 Å². The van der Waals surface area contributed by atoms with E-state index < -0.39 is 5.60 Å². The third kappa shape index (κ3) is 5.65. The smallest absolute Gasteiger partial charge is 0.323 e. The predicted molar refractivity (Wildman–Crippen MR) is 121 cm³/mol. The van der Waals surface area contributed by atoms with Crippen LogP contribution < -0.4 is 0 Å². The number of rotatable bonds is 7. The molecule has 0 unspecified atom stereocenters. The minimum absolute atomic E-state index is 0.00364. The first-order valence-corrected chi connectivity index (χ1v) is 12.7. The molecule has 4 aliphatic rings. The molecule has 182 valence electrons. The van der Waals surface area contributed by atoms with Crippen LogP contribution in [0.1, 0.15) is 85.5 Å². The number of carbonyl (C=O) groups is 2. The lowest BCUT2D eigenvalue weighted by Crippen LogP contribution is -2.55. The van der Waals surface area contributed by atoms with E-state index in [1.807, 2.05) is 27.7 Å². The zero-order valence-corrected chi connectivity index (χ0v) is 20.4. The number of carbonyl (C=O) groups excluding carboxylic acids is 2. The summed E-state index contributed by atoms with van der Waals surface area (Å²) >= 11 is 0. The van der Waals surface area contributed by atoms with Gasteiger partial charge in [-0.05, 0) is 90.9 Å². The average molecular weight is 451 g/mol. The van der Waals surface area contributed by atoms with Crippen molar-refractivity contribution in [3.8, 4) is 0 Å². The Bertz CT molecular complexity index is 678. The van der Waals surface area contributed by atoms with Crippen LogP contribution in [0.4, 0.5) is 0 Å². The molecular formula is C25H42N2O5. The van der Waals surface area contributed by atoms with Gasteiger partial charge in [0.1, 0.15) is 11.6 Å². The number of hydrogen-bond donors (Lipinski definition) is 0. The molecule has 2 saturated carbocycles. The zero-order chi connectivity index (χ0) is 22.9. The van der Waals surface area contributed by atoms with Crippen LogP contribution in [0.25, 0.3) is 0 Å². The summed E-state index contributed by atoms with van der Waals surface area (Å²) in [6.07, 6.45) is 8.96. The second kappa shape index (κ2) is 9.59. The van der Waals surface area contributed by atoms with Gasteiger partial charge < -0.3 is 14.2 Å². The van der Waals surface area contributed by atoms with E-state index in [0.717, 1.165) is 58.2 Å². The van der Waals surface area contributed by atoms with E-state index in [1.165, 1.54) is 19.3 Å². The summed E-state index contributed by atoms with van der Waals surface area (Å²) in [6, 6.07) is -0.245. The lowest BCUT2D eigenvalue weighted by Gasteiger charge is -2.41. The number of hydrogen-bond acceptors (Lipinski definition) is 7. The Morgan fingerprint density at radius 2 is 1.72 bits per heavy atom. The Kier molecular flexibility index (Phi) is 7.18. The summed E-state index contributed by atoms with van der Waals surface area (Å²) < 4.78 is 17.8.